The molecule has 0 radical (unpaired) electrons. The zero-order valence-electron chi connectivity index (χ0n) is 8.96. The molecule has 2 nitrogen and oxygen atoms in total. The van der Waals surface area contributed by atoms with E-state index in [4.69, 9.17) is 5.11 Å². The van der Waals surface area contributed by atoms with E-state index in [9.17, 15) is 39.9 Å². The van der Waals surface area contributed by atoms with Gasteiger partial charge < -0.3 is 5.11 Å². The van der Waals surface area contributed by atoms with Crippen LogP contribution in [-0.4, -0.2) is 17.0 Å². The Hall–Kier alpha value is -1.87. The predicted octanol–water partition coefficient (Wildman–Crippen LogP) is 3.15. The largest absolute Gasteiger partial charge is 0.481 e. The lowest BCUT2D eigenvalue weighted by atomic mass is 9.98. The van der Waals surface area contributed by atoms with Gasteiger partial charge in [0.05, 0.1) is 5.56 Å². The molecule has 0 fully saturated rings. The lowest BCUT2D eigenvalue weighted by Crippen LogP contribution is -2.39. The van der Waals surface area contributed by atoms with E-state index in [1.807, 2.05) is 0 Å². The minimum atomic E-state index is -5.50. The molecule has 0 saturated heterocycles. The van der Waals surface area contributed by atoms with Crippen LogP contribution in [-0.2, 0) is 10.7 Å². The van der Waals surface area contributed by atoms with Crippen LogP contribution in [0.4, 0.5) is 35.1 Å². The van der Waals surface area contributed by atoms with Crippen molar-refractivity contribution in [3.63, 3.8) is 0 Å². The summed E-state index contributed by atoms with van der Waals surface area (Å²) in [6.07, 6.45) is 0. The number of hydrogen-bond donors (Lipinski definition) is 1. The van der Waals surface area contributed by atoms with E-state index in [-0.39, 0.29) is 0 Å². The molecule has 0 aliphatic heterocycles. The zero-order valence-corrected chi connectivity index (χ0v) is 8.96. The molecular weight excluding hydrogens is 304 g/mol. The Morgan fingerprint density at radius 3 is 1.80 bits per heavy atom. The highest BCUT2D eigenvalue weighted by atomic mass is 19.3. The molecule has 2 rings (SSSR count). The maximum Gasteiger partial charge on any atom is 0.339 e. The van der Waals surface area contributed by atoms with E-state index in [1.54, 1.807) is 0 Å². The topological polar surface area (TPSA) is 37.3 Å². The van der Waals surface area contributed by atoms with Crippen molar-refractivity contribution in [1.82, 2.24) is 0 Å². The van der Waals surface area contributed by atoms with Gasteiger partial charge in [0, 0.05) is 5.56 Å². The van der Waals surface area contributed by atoms with Crippen molar-refractivity contribution in [2.45, 2.75) is 17.8 Å². The first kappa shape index (κ1) is 14.5. The Balaban J connectivity index is 2.98. The van der Waals surface area contributed by atoms with Crippen LogP contribution >= 0.6 is 0 Å². The monoisotopic (exact) mass is 306 g/mol. The summed E-state index contributed by atoms with van der Waals surface area (Å²) >= 11 is 0. The van der Waals surface area contributed by atoms with E-state index in [2.05, 4.69) is 0 Å². The van der Waals surface area contributed by atoms with Gasteiger partial charge in [0.25, 0.3) is 0 Å². The number of benzene rings is 1. The maximum absolute atomic E-state index is 13.4. The van der Waals surface area contributed by atoms with Crippen molar-refractivity contribution in [3.05, 3.63) is 34.4 Å². The third-order valence-corrected chi connectivity index (χ3v) is 2.93. The first-order valence-corrected chi connectivity index (χ1v) is 4.81. The van der Waals surface area contributed by atoms with Gasteiger partial charge in [0.15, 0.2) is 29.2 Å². The van der Waals surface area contributed by atoms with Crippen LogP contribution in [0, 0.1) is 23.3 Å². The smallest absolute Gasteiger partial charge is 0.339 e. The van der Waals surface area contributed by atoms with Gasteiger partial charge in [0.2, 0.25) is 0 Å². The highest BCUT2D eigenvalue weighted by Crippen LogP contribution is 2.60. The molecule has 0 heterocycles. The fourth-order valence-electron chi connectivity index (χ4n) is 2.03. The number of fused-ring (bicyclic) bond motifs is 1. The van der Waals surface area contributed by atoms with Crippen LogP contribution in [0.25, 0.3) is 0 Å². The zero-order chi connectivity index (χ0) is 15.6. The molecule has 1 N–H and O–H groups in total. The lowest BCUT2D eigenvalue weighted by Gasteiger charge is -2.21. The molecule has 1 aromatic rings. The number of alkyl halides is 4. The normalized spacial score (nSPS) is 22.7. The highest BCUT2D eigenvalue weighted by Gasteiger charge is 2.73. The number of aliphatic carboxylic acids is 1. The number of carbonyl (C=O) groups is 1. The maximum atomic E-state index is 13.4. The summed E-state index contributed by atoms with van der Waals surface area (Å²) in [5.41, 5.74) is -4.57. The summed E-state index contributed by atoms with van der Waals surface area (Å²) in [5.74, 6) is -27.8. The van der Waals surface area contributed by atoms with Crippen molar-refractivity contribution in [1.29, 1.82) is 0 Å². The fourth-order valence-corrected chi connectivity index (χ4v) is 2.03. The molecule has 0 spiro atoms. The number of rotatable bonds is 1. The number of halogens is 8. The molecule has 10 heteroatoms. The van der Waals surface area contributed by atoms with Gasteiger partial charge in [-0.25, -0.2) is 17.6 Å². The van der Waals surface area contributed by atoms with Gasteiger partial charge in [0.1, 0.15) is 0 Å². The molecule has 0 bridgehead atoms. The van der Waals surface area contributed by atoms with Crippen LogP contribution in [0.15, 0.2) is 0 Å². The molecule has 0 amide bonds. The van der Waals surface area contributed by atoms with E-state index in [1.165, 1.54) is 0 Å². The summed E-state index contributed by atoms with van der Waals surface area (Å²) in [6.45, 7) is 0. The van der Waals surface area contributed by atoms with Crippen LogP contribution in [0.2, 0.25) is 0 Å². The molecule has 0 saturated carbocycles. The molecule has 20 heavy (non-hydrogen) atoms. The molecule has 1 unspecified atom stereocenters. The molecule has 1 aliphatic rings. The standard InChI is InChI=1S/C10H2F8O2/c11-4-1-2(5(12)7(14)6(4)13)9(15,16)10(17,18)3(1)8(19)20/h3H,(H,19,20). The predicted molar refractivity (Wildman–Crippen MR) is 45.5 cm³/mol. The SMILES string of the molecule is O=C(O)C1c2c(F)c(F)c(F)c(F)c2C(F)(F)C1(F)F. The molecule has 110 valence electrons. The highest BCUT2D eigenvalue weighted by molar-refractivity contribution is 5.80. The summed E-state index contributed by atoms with van der Waals surface area (Å²) in [6, 6.07) is 0. The number of carboxylic acids is 1. The first-order chi connectivity index (χ1) is 8.96. The van der Waals surface area contributed by atoms with Crippen LogP contribution < -0.4 is 0 Å². The minimum Gasteiger partial charge on any atom is -0.481 e. The summed E-state index contributed by atoms with van der Waals surface area (Å²) in [4.78, 5) is 10.6. The summed E-state index contributed by atoms with van der Waals surface area (Å²) < 4.78 is 106. The average molecular weight is 306 g/mol. The van der Waals surface area contributed by atoms with E-state index in [0.29, 0.717) is 0 Å². The van der Waals surface area contributed by atoms with Gasteiger partial charge in [-0.05, 0) is 0 Å². The van der Waals surface area contributed by atoms with Gasteiger partial charge >= 0.3 is 17.8 Å². The third-order valence-electron chi connectivity index (χ3n) is 2.93. The first-order valence-electron chi connectivity index (χ1n) is 4.81. The fraction of sp³-hybridized carbons (Fsp3) is 0.300. The van der Waals surface area contributed by atoms with Crippen molar-refractivity contribution in [2.75, 3.05) is 0 Å². The van der Waals surface area contributed by atoms with Crippen LogP contribution in [0.5, 0.6) is 0 Å². The Bertz CT molecular complexity index is 624. The molecule has 1 aliphatic carbocycles. The second kappa shape index (κ2) is 3.83. The van der Waals surface area contributed by atoms with Gasteiger partial charge in [-0.15, -0.1) is 0 Å². The van der Waals surface area contributed by atoms with Crippen LogP contribution in [0.1, 0.15) is 17.0 Å². The quantitative estimate of drug-likeness (QED) is 0.492. The second-order valence-corrected chi connectivity index (χ2v) is 4.01. The molecule has 1 atom stereocenters. The second-order valence-electron chi connectivity index (χ2n) is 4.01. The lowest BCUT2D eigenvalue weighted by molar-refractivity contribution is -0.219. The van der Waals surface area contributed by atoms with E-state index in [0.717, 1.165) is 0 Å². The Morgan fingerprint density at radius 2 is 1.35 bits per heavy atom. The molecular formula is C10H2F8O2. The third kappa shape index (κ3) is 1.41. The van der Waals surface area contributed by atoms with Crippen molar-refractivity contribution in [2.24, 2.45) is 0 Å². The van der Waals surface area contributed by atoms with Gasteiger partial charge in [-0.3, -0.25) is 4.79 Å². The van der Waals surface area contributed by atoms with Crippen molar-refractivity contribution in [3.8, 4) is 0 Å². The molecule has 1 aromatic carbocycles. The number of hydrogen-bond acceptors (Lipinski definition) is 1. The Kier molecular flexibility index (Phi) is 2.78. The Labute approximate surface area is 104 Å². The van der Waals surface area contributed by atoms with Crippen molar-refractivity contribution < 1.29 is 45.0 Å². The Morgan fingerprint density at radius 1 is 0.900 bits per heavy atom. The number of carboxylic acid groups (broad SMARTS) is 1. The van der Waals surface area contributed by atoms with Crippen molar-refractivity contribution >= 4 is 5.97 Å². The van der Waals surface area contributed by atoms with E-state index >= 15 is 0 Å². The van der Waals surface area contributed by atoms with Gasteiger partial charge in [-0.1, -0.05) is 0 Å². The summed E-state index contributed by atoms with van der Waals surface area (Å²) in [7, 11) is 0. The van der Waals surface area contributed by atoms with E-state index < -0.39 is 58.1 Å². The van der Waals surface area contributed by atoms with Crippen LogP contribution in [0.3, 0.4) is 0 Å². The molecule has 0 aromatic heterocycles. The average Bonchev–Trinajstić information content (AvgIpc) is 2.48. The minimum absolute atomic E-state index is 2.09. The summed E-state index contributed by atoms with van der Waals surface area (Å²) in [5, 5.41) is 8.48. The van der Waals surface area contributed by atoms with Gasteiger partial charge in [-0.2, -0.15) is 17.6 Å².